The van der Waals surface area contributed by atoms with Crippen LogP contribution in [0.5, 0.6) is 0 Å². The highest BCUT2D eigenvalue weighted by Gasteiger charge is 2.28. The fraction of sp³-hybridized carbons (Fsp3) is 0.891. The lowest BCUT2D eigenvalue weighted by atomic mass is 10.00. The lowest BCUT2D eigenvalue weighted by molar-refractivity contribution is -0.132. The first-order valence-electron chi connectivity index (χ1n) is 22.7. The quantitative estimate of drug-likeness (QED) is 0.0317. The molecule has 6 heteroatoms. The molecule has 0 aliphatic carbocycles. The number of carbonyl (C=O) groups excluding carboxylic acids is 1. The number of carbonyl (C=O) groups is 1. The second-order valence-corrected chi connectivity index (χ2v) is 15.7. The first kappa shape index (κ1) is 50.8. The molecule has 0 heterocycles. The van der Waals surface area contributed by atoms with E-state index in [1.807, 2.05) is 0 Å². The second kappa shape index (κ2) is 41.0. The average molecular weight is 736 g/mol. The molecule has 0 aromatic rings. The van der Waals surface area contributed by atoms with Crippen molar-refractivity contribution in [1.82, 2.24) is 5.32 Å². The molecule has 0 spiro atoms. The molecule has 0 aromatic carbocycles. The van der Waals surface area contributed by atoms with Crippen molar-refractivity contribution in [1.29, 1.82) is 0 Å². The Morgan fingerprint density at radius 3 is 1.21 bits per heavy atom. The largest absolute Gasteiger partial charge is 0.394 e. The van der Waals surface area contributed by atoms with E-state index < -0.39 is 36.9 Å². The van der Waals surface area contributed by atoms with E-state index in [0.29, 0.717) is 19.3 Å². The molecule has 308 valence electrons. The molecule has 0 saturated carbocycles. The standard InChI is InChI=1S/C46H89NO5/c1-3-5-7-9-11-13-15-17-18-19-20-21-22-23-24-25-26-28-29-31-33-35-37-39-43(49)45(51)42(41-48)47-46(52)44(50)40-38-36-34-32-30-27-16-14-12-10-8-6-4-2/h25-26,31,33,42-45,48-51H,3-24,27-30,32,34-41H2,1-2H3,(H,47,52)/b26-25+,33-31+. The Bertz CT molecular complexity index is 787. The maximum Gasteiger partial charge on any atom is 0.249 e. The van der Waals surface area contributed by atoms with Crippen LogP contribution in [0.2, 0.25) is 0 Å². The summed E-state index contributed by atoms with van der Waals surface area (Å²) in [5.41, 5.74) is 0. The van der Waals surface area contributed by atoms with Crippen LogP contribution >= 0.6 is 0 Å². The molecule has 52 heavy (non-hydrogen) atoms. The highest BCUT2D eigenvalue weighted by molar-refractivity contribution is 5.80. The fourth-order valence-corrected chi connectivity index (χ4v) is 7.01. The van der Waals surface area contributed by atoms with Gasteiger partial charge in [0.2, 0.25) is 5.91 Å². The summed E-state index contributed by atoms with van der Waals surface area (Å²) in [6.45, 7) is 4.04. The Balaban J connectivity index is 3.76. The molecule has 6 nitrogen and oxygen atoms in total. The molecule has 4 unspecified atom stereocenters. The molecular weight excluding hydrogens is 647 g/mol. The van der Waals surface area contributed by atoms with Gasteiger partial charge in [0.1, 0.15) is 12.2 Å². The molecule has 0 radical (unpaired) electrons. The Labute approximate surface area is 323 Å². The summed E-state index contributed by atoms with van der Waals surface area (Å²) in [5, 5.41) is 43.6. The number of allylic oxidation sites excluding steroid dienone is 4. The van der Waals surface area contributed by atoms with E-state index in [1.165, 1.54) is 161 Å². The maximum atomic E-state index is 12.5. The van der Waals surface area contributed by atoms with E-state index in [0.717, 1.165) is 38.5 Å². The van der Waals surface area contributed by atoms with E-state index in [9.17, 15) is 25.2 Å². The molecule has 4 atom stereocenters. The SMILES string of the molecule is CCCCCCCCCCCCCCCC/C=C/CC/C=C/CCCC(O)C(O)C(CO)NC(=O)C(O)CCCCCCCCCCCCCCC. The number of hydrogen-bond acceptors (Lipinski definition) is 5. The number of aliphatic hydroxyl groups excluding tert-OH is 4. The second-order valence-electron chi connectivity index (χ2n) is 15.7. The molecule has 0 aromatic heterocycles. The summed E-state index contributed by atoms with van der Waals surface area (Å²) >= 11 is 0. The van der Waals surface area contributed by atoms with E-state index in [1.54, 1.807) is 0 Å². The van der Waals surface area contributed by atoms with Gasteiger partial charge in [-0.2, -0.15) is 0 Å². The molecular formula is C46H89NO5. The van der Waals surface area contributed by atoms with Crippen LogP contribution in [0, 0.1) is 0 Å². The van der Waals surface area contributed by atoms with Crippen molar-refractivity contribution in [3.05, 3.63) is 24.3 Å². The summed E-state index contributed by atoms with van der Waals surface area (Å²) in [6.07, 6.45) is 46.5. The van der Waals surface area contributed by atoms with Gasteiger partial charge < -0.3 is 25.7 Å². The third-order valence-corrected chi connectivity index (χ3v) is 10.6. The maximum absolute atomic E-state index is 12.5. The highest BCUT2D eigenvalue weighted by atomic mass is 16.3. The van der Waals surface area contributed by atoms with Gasteiger partial charge in [-0.25, -0.2) is 0 Å². The van der Waals surface area contributed by atoms with Gasteiger partial charge >= 0.3 is 0 Å². The lowest BCUT2D eigenvalue weighted by Gasteiger charge is -2.27. The third-order valence-electron chi connectivity index (χ3n) is 10.6. The van der Waals surface area contributed by atoms with E-state index in [2.05, 4.69) is 43.5 Å². The van der Waals surface area contributed by atoms with Gasteiger partial charge in [-0.15, -0.1) is 0 Å². The third kappa shape index (κ3) is 34.6. The minimum Gasteiger partial charge on any atom is -0.394 e. The van der Waals surface area contributed by atoms with Gasteiger partial charge in [0.25, 0.3) is 0 Å². The smallest absolute Gasteiger partial charge is 0.249 e. The van der Waals surface area contributed by atoms with Gasteiger partial charge in [0.15, 0.2) is 0 Å². The van der Waals surface area contributed by atoms with Crippen LogP contribution in [0.4, 0.5) is 0 Å². The minimum atomic E-state index is -1.29. The molecule has 5 N–H and O–H groups in total. The van der Waals surface area contributed by atoms with Crippen molar-refractivity contribution < 1.29 is 25.2 Å². The zero-order valence-electron chi connectivity index (χ0n) is 34.6. The number of aliphatic hydroxyl groups is 4. The molecule has 0 fully saturated rings. The van der Waals surface area contributed by atoms with Crippen molar-refractivity contribution in [2.45, 2.75) is 257 Å². The monoisotopic (exact) mass is 736 g/mol. The molecule has 0 bridgehead atoms. The fourth-order valence-electron chi connectivity index (χ4n) is 7.01. The molecule has 0 rings (SSSR count). The van der Waals surface area contributed by atoms with E-state index in [4.69, 9.17) is 0 Å². The molecule has 0 saturated heterocycles. The highest BCUT2D eigenvalue weighted by Crippen LogP contribution is 2.16. The normalized spacial score (nSPS) is 14.3. The van der Waals surface area contributed by atoms with E-state index >= 15 is 0 Å². The van der Waals surface area contributed by atoms with Gasteiger partial charge in [-0.05, 0) is 51.4 Å². The average Bonchev–Trinajstić information content (AvgIpc) is 3.15. The zero-order chi connectivity index (χ0) is 38.2. The van der Waals surface area contributed by atoms with Crippen molar-refractivity contribution >= 4 is 5.91 Å². The zero-order valence-corrected chi connectivity index (χ0v) is 34.6. The van der Waals surface area contributed by atoms with Crippen LogP contribution in [-0.2, 0) is 4.79 Å². The molecule has 1 amide bonds. The number of rotatable bonds is 41. The summed E-state index contributed by atoms with van der Waals surface area (Å²) in [7, 11) is 0. The van der Waals surface area contributed by atoms with Crippen LogP contribution in [0.25, 0.3) is 0 Å². The summed E-state index contributed by atoms with van der Waals surface area (Å²) in [6, 6.07) is -1.00. The van der Waals surface area contributed by atoms with Crippen LogP contribution in [0.1, 0.15) is 232 Å². The Morgan fingerprint density at radius 1 is 0.462 bits per heavy atom. The number of unbranched alkanes of at least 4 members (excludes halogenated alkanes) is 28. The van der Waals surface area contributed by atoms with Crippen LogP contribution in [0.3, 0.4) is 0 Å². The molecule has 0 aliphatic rings. The van der Waals surface area contributed by atoms with E-state index in [-0.39, 0.29) is 0 Å². The Kier molecular flexibility index (Phi) is 40.0. The van der Waals surface area contributed by atoms with Crippen LogP contribution in [-0.4, -0.2) is 57.3 Å². The predicted octanol–water partition coefficient (Wildman–Crippen LogP) is 12.0. The van der Waals surface area contributed by atoms with Crippen molar-refractivity contribution in [3.8, 4) is 0 Å². The van der Waals surface area contributed by atoms with Gasteiger partial charge in [-0.1, -0.05) is 205 Å². The first-order chi connectivity index (χ1) is 25.5. The predicted molar refractivity (Wildman–Crippen MR) is 224 cm³/mol. The van der Waals surface area contributed by atoms with Crippen LogP contribution in [0.15, 0.2) is 24.3 Å². The molecule has 0 aliphatic heterocycles. The summed E-state index contributed by atoms with van der Waals surface area (Å²) < 4.78 is 0. The minimum absolute atomic E-state index is 0.363. The Morgan fingerprint density at radius 2 is 0.808 bits per heavy atom. The number of amides is 1. The number of hydrogen-bond donors (Lipinski definition) is 5. The van der Waals surface area contributed by atoms with Gasteiger partial charge in [-0.3, -0.25) is 4.79 Å². The summed E-state index contributed by atoms with van der Waals surface area (Å²) in [4.78, 5) is 12.5. The Hall–Kier alpha value is -1.21. The van der Waals surface area contributed by atoms with Gasteiger partial charge in [0.05, 0.1) is 18.8 Å². The first-order valence-corrected chi connectivity index (χ1v) is 22.7. The van der Waals surface area contributed by atoms with Gasteiger partial charge in [0, 0.05) is 0 Å². The van der Waals surface area contributed by atoms with Crippen molar-refractivity contribution in [3.63, 3.8) is 0 Å². The number of nitrogens with one attached hydrogen (secondary N) is 1. The topological polar surface area (TPSA) is 110 Å². The van der Waals surface area contributed by atoms with Crippen molar-refractivity contribution in [2.24, 2.45) is 0 Å². The van der Waals surface area contributed by atoms with Crippen LogP contribution < -0.4 is 5.32 Å². The lowest BCUT2D eigenvalue weighted by Crippen LogP contribution is -2.53. The van der Waals surface area contributed by atoms with Crippen molar-refractivity contribution in [2.75, 3.05) is 6.61 Å². The summed E-state index contributed by atoms with van der Waals surface area (Å²) in [5.74, 6) is -0.596.